The van der Waals surface area contributed by atoms with Gasteiger partial charge in [-0.1, -0.05) is 0 Å². The van der Waals surface area contributed by atoms with Crippen LogP contribution < -0.4 is 0 Å². The van der Waals surface area contributed by atoms with Gasteiger partial charge in [0.2, 0.25) is 0 Å². The molecule has 1 unspecified atom stereocenters. The van der Waals surface area contributed by atoms with Gasteiger partial charge in [0.1, 0.15) is 11.6 Å². The number of rotatable bonds is 3. The molecule has 1 heterocycles. The fourth-order valence-electron chi connectivity index (χ4n) is 1.94. The minimum absolute atomic E-state index is 0.0423. The summed E-state index contributed by atoms with van der Waals surface area (Å²) in [5.74, 6) is 0.429. The summed E-state index contributed by atoms with van der Waals surface area (Å²) in [6.45, 7) is 3.51. The summed E-state index contributed by atoms with van der Waals surface area (Å²) in [4.78, 5) is 0. The Morgan fingerprint density at radius 1 is 1.59 bits per heavy atom. The van der Waals surface area contributed by atoms with Crippen molar-refractivity contribution in [2.45, 2.75) is 37.8 Å². The van der Waals surface area contributed by atoms with Crippen LogP contribution in [-0.4, -0.2) is 18.2 Å². The SMILES string of the molecule is Cc1nn(C(C)C2CC2)c(S(=O)(=O)Cl)c1C#N. The molecule has 0 amide bonds. The number of hydrogen-bond acceptors (Lipinski definition) is 4. The predicted octanol–water partition coefficient (Wildman–Crippen LogP) is 1.96. The zero-order valence-electron chi connectivity index (χ0n) is 9.51. The lowest BCUT2D eigenvalue weighted by Crippen LogP contribution is -2.14. The number of hydrogen-bond donors (Lipinski definition) is 0. The van der Waals surface area contributed by atoms with E-state index in [9.17, 15) is 8.42 Å². The van der Waals surface area contributed by atoms with Crippen molar-refractivity contribution < 1.29 is 8.42 Å². The largest absolute Gasteiger partial charge is 0.279 e. The first-order chi connectivity index (χ1) is 7.86. The van der Waals surface area contributed by atoms with E-state index in [0.717, 1.165) is 12.8 Å². The Bertz CT molecular complexity index is 596. The van der Waals surface area contributed by atoms with E-state index in [0.29, 0.717) is 11.6 Å². The van der Waals surface area contributed by atoms with Crippen LogP contribution in [0.3, 0.4) is 0 Å². The minimum Gasteiger partial charge on any atom is -0.248 e. The molecule has 0 N–H and O–H groups in total. The first kappa shape index (κ1) is 12.4. The van der Waals surface area contributed by atoms with Crippen LogP contribution in [0.5, 0.6) is 0 Å². The molecule has 1 aliphatic carbocycles. The van der Waals surface area contributed by atoms with E-state index in [-0.39, 0.29) is 16.6 Å². The summed E-state index contributed by atoms with van der Waals surface area (Å²) in [6, 6.07) is 1.82. The summed E-state index contributed by atoms with van der Waals surface area (Å²) >= 11 is 0. The zero-order chi connectivity index (χ0) is 12.8. The quantitative estimate of drug-likeness (QED) is 0.789. The van der Waals surface area contributed by atoms with Crippen molar-refractivity contribution in [2.24, 2.45) is 5.92 Å². The van der Waals surface area contributed by atoms with Crippen LogP contribution in [-0.2, 0) is 9.05 Å². The maximum Gasteiger partial charge on any atom is 0.279 e. The highest BCUT2D eigenvalue weighted by Crippen LogP contribution is 2.41. The first-order valence-electron chi connectivity index (χ1n) is 5.30. The molecule has 92 valence electrons. The van der Waals surface area contributed by atoms with E-state index in [1.807, 2.05) is 13.0 Å². The Balaban J connectivity index is 2.64. The van der Waals surface area contributed by atoms with Crippen LogP contribution in [0.1, 0.15) is 37.1 Å². The normalized spacial score (nSPS) is 17.8. The van der Waals surface area contributed by atoms with Gasteiger partial charge in [0, 0.05) is 10.7 Å². The second-order valence-electron chi connectivity index (χ2n) is 4.34. The highest BCUT2D eigenvalue weighted by molar-refractivity contribution is 8.13. The van der Waals surface area contributed by atoms with Crippen molar-refractivity contribution in [1.29, 1.82) is 5.26 Å². The molecule has 0 spiro atoms. The fourth-order valence-corrected chi connectivity index (χ4v) is 3.25. The van der Waals surface area contributed by atoms with Gasteiger partial charge in [-0.05, 0) is 32.6 Å². The average Bonchev–Trinajstić information content (AvgIpc) is 2.99. The van der Waals surface area contributed by atoms with Crippen LogP contribution >= 0.6 is 10.7 Å². The number of halogens is 1. The van der Waals surface area contributed by atoms with Crippen LogP contribution in [0.2, 0.25) is 0 Å². The summed E-state index contributed by atoms with van der Waals surface area (Å²) in [5, 5.41) is 13.0. The molecule has 1 aliphatic rings. The zero-order valence-corrected chi connectivity index (χ0v) is 11.1. The number of aryl methyl sites for hydroxylation is 1. The molecule has 1 aromatic rings. The molecule has 0 saturated heterocycles. The third-order valence-corrected chi connectivity index (χ3v) is 4.37. The van der Waals surface area contributed by atoms with Gasteiger partial charge in [0.05, 0.1) is 11.7 Å². The first-order valence-corrected chi connectivity index (χ1v) is 7.61. The lowest BCUT2D eigenvalue weighted by Gasteiger charge is -2.13. The van der Waals surface area contributed by atoms with Gasteiger partial charge in [-0.25, -0.2) is 13.1 Å². The molecule has 2 rings (SSSR count). The predicted molar refractivity (Wildman–Crippen MR) is 62.2 cm³/mol. The topological polar surface area (TPSA) is 75.8 Å². The molecule has 17 heavy (non-hydrogen) atoms. The Kier molecular flexibility index (Phi) is 2.92. The number of nitrogens with zero attached hydrogens (tertiary/aromatic N) is 3. The van der Waals surface area contributed by atoms with E-state index in [4.69, 9.17) is 15.9 Å². The molecule has 0 aromatic carbocycles. The number of nitriles is 1. The van der Waals surface area contributed by atoms with E-state index < -0.39 is 9.05 Å². The second-order valence-corrected chi connectivity index (χ2v) is 6.82. The van der Waals surface area contributed by atoms with E-state index >= 15 is 0 Å². The Morgan fingerprint density at radius 2 is 2.18 bits per heavy atom. The maximum absolute atomic E-state index is 11.5. The summed E-state index contributed by atoms with van der Waals surface area (Å²) in [6.07, 6.45) is 2.12. The van der Waals surface area contributed by atoms with Gasteiger partial charge in [0.15, 0.2) is 5.03 Å². The van der Waals surface area contributed by atoms with Gasteiger partial charge >= 0.3 is 0 Å². The molecular weight excluding hydrogens is 262 g/mol. The molecule has 7 heteroatoms. The molecule has 0 bridgehead atoms. The van der Waals surface area contributed by atoms with Gasteiger partial charge < -0.3 is 0 Å². The molecule has 0 aliphatic heterocycles. The summed E-state index contributed by atoms with van der Waals surface area (Å²) in [7, 11) is 1.43. The van der Waals surface area contributed by atoms with Crippen LogP contribution in [0.15, 0.2) is 5.03 Å². The Hall–Kier alpha value is -1.06. The van der Waals surface area contributed by atoms with Crippen molar-refractivity contribution >= 4 is 19.7 Å². The van der Waals surface area contributed by atoms with Gasteiger partial charge in [-0.2, -0.15) is 10.4 Å². The van der Waals surface area contributed by atoms with Gasteiger partial charge in [-0.15, -0.1) is 0 Å². The third kappa shape index (κ3) is 2.17. The Morgan fingerprint density at radius 3 is 2.59 bits per heavy atom. The lowest BCUT2D eigenvalue weighted by molar-refractivity contribution is 0.405. The van der Waals surface area contributed by atoms with E-state index in [2.05, 4.69) is 5.10 Å². The highest BCUT2D eigenvalue weighted by Gasteiger charge is 2.35. The maximum atomic E-state index is 11.5. The van der Waals surface area contributed by atoms with Gasteiger partial charge in [0.25, 0.3) is 9.05 Å². The van der Waals surface area contributed by atoms with Crippen molar-refractivity contribution in [3.63, 3.8) is 0 Å². The molecule has 1 saturated carbocycles. The van der Waals surface area contributed by atoms with Crippen molar-refractivity contribution in [2.75, 3.05) is 0 Å². The summed E-state index contributed by atoms with van der Waals surface area (Å²) in [5.41, 5.74) is 0.451. The molecule has 0 radical (unpaired) electrons. The van der Waals surface area contributed by atoms with E-state index in [1.165, 1.54) is 4.68 Å². The monoisotopic (exact) mass is 273 g/mol. The van der Waals surface area contributed by atoms with Crippen molar-refractivity contribution in [1.82, 2.24) is 9.78 Å². The Labute approximate surface area is 104 Å². The molecule has 1 atom stereocenters. The lowest BCUT2D eigenvalue weighted by atomic mass is 10.2. The van der Waals surface area contributed by atoms with Crippen LogP contribution in [0, 0.1) is 24.2 Å². The van der Waals surface area contributed by atoms with Crippen LogP contribution in [0.4, 0.5) is 0 Å². The minimum atomic E-state index is -3.96. The second kappa shape index (κ2) is 4.00. The smallest absolute Gasteiger partial charge is 0.248 e. The fraction of sp³-hybridized carbons (Fsp3) is 0.600. The molecule has 1 fully saturated rings. The number of aromatic nitrogens is 2. The van der Waals surface area contributed by atoms with Gasteiger partial charge in [-0.3, -0.25) is 0 Å². The third-order valence-electron chi connectivity index (χ3n) is 3.07. The summed E-state index contributed by atoms with van der Waals surface area (Å²) < 4.78 is 24.5. The molecular formula is C10H12ClN3O2S. The van der Waals surface area contributed by atoms with Crippen LogP contribution in [0.25, 0.3) is 0 Å². The van der Waals surface area contributed by atoms with E-state index in [1.54, 1.807) is 6.92 Å². The molecule has 1 aromatic heterocycles. The standard InChI is InChI=1S/C10H12ClN3O2S/c1-6-9(5-12)10(17(11,15)16)14(13-6)7(2)8-3-4-8/h7-8H,3-4H2,1-2H3. The van der Waals surface area contributed by atoms with Crippen molar-refractivity contribution in [3.8, 4) is 6.07 Å². The average molecular weight is 274 g/mol. The highest BCUT2D eigenvalue weighted by atomic mass is 35.7. The molecule has 5 nitrogen and oxygen atoms in total. The van der Waals surface area contributed by atoms with Crippen molar-refractivity contribution in [3.05, 3.63) is 11.3 Å².